The third-order valence-corrected chi connectivity index (χ3v) is 3.05. The van der Waals surface area contributed by atoms with Gasteiger partial charge in [-0.15, -0.1) is 0 Å². The van der Waals surface area contributed by atoms with Crippen LogP contribution in [0.25, 0.3) is 22.3 Å². The maximum absolute atomic E-state index is 12.0. The molecule has 0 bridgehead atoms. The van der Waals surface area contributed by atoms with Crippen LogP contribution in [0.15, 0.2) is 45.6 Å². The van der Waals surface area contributed by atoms with E-state index in [-0.39, 0.29) is 69.3 Å². The second kappa shape index (κ2) is 5.92. The third kappa shape index (κ3) is 2.76. The van der Waals surface area contributed by atoms with Crippen LogP contribution in [0.4, 0.5) is 0 Å². The Labute approximate surface area is 146 Å². The molecule has 0 aliphatic heterocycles. The Morgan fingerprint density at radius 1 is 0.818 bits per heavy atom. The predicted octanol–water partition coefficient (Wildman–Crippen LogP) is 1.63. The molecule has 0 aliphatic carbocycles. The van der Waals surface area contributed by atoms with Crippen molar-refractivity contribution < 1.29 is 24.8 Å². The summed E-state index contributed by atoms with van der Waals surface area (Å²) in [4.78, 5) is 12.0. The molecule has 1 heterocycles. The fourth-order valence-electron chi connectivity index (χ4n) is 2.07. The average Bonchev–Trinajstić information content (AvgIpc) is 2.40. The van der Waals surface area contributed by atoms with Crippen molar-refractivity contribution in [2.24, 2.45) is 0 Å². The van der Waals surface area contributed by atoms with Gasteiger partial charge in [-0.25, -0.2) is 0 Å². The Kier molecular flexibility index (Phi) is 4.37. The molecule has 0 spiro atoms. The first-order chi connectivity index (χ1) is 9.95. The summed E-state index contributed by atoms with van der Waals surface area (Å²) in [6, 6.07) is 7.37. The van der Waals surface area contributed by atoms with E-state index in [1.807, 2.05) is 0 Å². The van der Waals surface area contributed by atoms with E-state index in [1.165, 1.54) is 24.3 Å². The Hall–Kier alpha value is -2.15. The van der Waals surface area contributed by atoms with Crippen LogP contribution in [0.3, 0.4) is 0 Å². The molecule has 2 aromatic carbocycles. The first-order valence-corrected chi connectivity index (χ1v) is 5.98. The van der Waals surface area contributed by atoms with Gasteiger partial charge in [0.25, 0.3) is 0 Å². The Morgan fingerprint density at radius 2 is 1.55 bits per heavy atom. The SMILES string of the molecule is O=c1cc(-c2ccc(O)c(O)c2)oc2cc(O)cc(O)c12.[NaH]. The van der Waals surface area contributed by atoms with Crippen molar-refractivity contribution in [1.29, 1.82) is 0 Å². The van der Waals surface area contributed by atoms with Crippen molar-refractivity contribution in [1.82, 2.24) is 0 Å². The van der Waals surface area contributed by atoms with Gasteiger partial charge in [0, 0.05) is 23.8 Å². The summed E-state index contributed by atoms with van der Waals surface area (Å²) >= 11 is 0. The number of hydrogen-bond donors (Lipinski definition) is 4. The zero-order valence-electron chi connectivity index (χ0n) is 10.6. The number of hydrogen-bond acceptors (Lipinski definition) is 6. The van der Waals surface area contributed by atoms with Crippen molar-refractivity contribution in [3.8, 4) is 34.3 Å². The van der Waals surface area contributed by atoms with Crippen LogP contribution in [-0.4, -0.2) is 50.0 Å². The molecule has 0 amide bonds. The van der Waals surface area contributed by atoms with Crippen molar-refractivity contribution in [2.45, 2.75) is 0 Å². The van der Waals surface area contributed by atoms with E-state index in [1.54, 1.807) is 0 Å². The third-order valence-electron chi connectivity index (χ3n) is 3.05. The van der Waals surface area contributed by atoms with E-state index in [9.17, 15) is 25.2 Å². The van der Waals surface area contributed by atoms with Gasteiger partial charge >= 0.3 is 29.6 Å². The molecule has 0 fully saturated rings. The number of phenolic OH excluding ortho intramolecular Hbond substituents is 4. The van der Waals surface area contributed by atoms with Crippen molar-refractivity contribution in [3.05, 3.63) is 46.6 Å². The number of aromatic hydroxyl groups is 4. The van der Waals surface area contributed by atoms with Gasteiger partial charge in [-0.2, -0.15) is 0 Å². The quantitative estimate of drug-likeness (QED) is 0.401. The van der Waals surface area contributed by atoms with Crippen molar-refractivity contribution >= 4 is 40.5 Å². The summed E-state index contributed by atoms with van der Waals surface area (Å²) in [7, 11) is 0. The first-order valence-electron chi connectivity index (χ1n) is 5.98. The molecule has 0 saturated heterocycles. The monoisotopic (exact) mass is 310 g/mol. The van der Waals surface area contributed by atoms with E-state index in [0.29, 0.717) is 5.56 Å². The van der Waals surface area contributed by atoms with Gasteiger partial charge in [0.15, 0.2) is 16.9 Å². The number of fused-ring (bicyclic) bond motifs is 1. The molecule has 6 nitrogen and oxygen atoms in total. The molecule has 22 heavy (non-hydrogen) atoms. The summed E-state index contributed by atoms with van der Waals surface area (Å²) < 4.78 is 5.47. The summed E-state index contributed by atoms with van der Waals surface area (Å²) in [6.07, 6.45) is 0. The van der Waals surface area contributed by atoms with Crippen LogP contribution in [0.5, 0.6) is 23.0 Å². The van der Waals surface area contributed by atoms with Gasteiger partial charge in [-0.05, 0) is 18.2 Å². The molecule has 7 heteroatoms. The van der Waals surface area contributed by atoms with Crippen molar-refractivity contribution in [2.75, 3.05) is 0 Å². The number of benzene rings is 2. The normalized spacial score (nSPS) is 10.4. The second-order valence-corrected chi connectivity index (χ2v) is 4.52. The molecule has 0 radical (unpaired) electrons. The van der Waals surface area contributed by atoms with Crippen LogP contribution in [-0.2, 0) is 0 Å². The number of phenols is 4. The van der Waals surface area contributed by atoms with Crippen LogP contribution >= 0.6 is 0 Å². The first kappa shape index (κ1) is 16.2. The van der Waals surface area contributed by atoms with E-state index >= 15 is 0 Å². The van der Waals surface area contributed by atoms with Crippen molar-refractivity contribution in [3.63, 3.8) is 0 Å². The standard InChI is InChI=1S/C15H10O6.Na.H/c16-8-4-11(19)15-12(20)6-13(21-14(15)5-8)7-1-2-9(17)10(18)3-7;;/h1-6,16-19H;;. The Bertz CT molecular complexity index is 916. The van der Waals surface area contributed by atoms with E-state index in [0.717, 1.165) is 12.1 Å². The molecule has 0 aliphatic rings. The summed E-state index contributed by atoms with van der Waals surface area (Å²) in [5, 5.41) is 37.9. The fourth-order valence-corrected chi connectivity index (χ4v) is 2.07. The molecule has 0 unspecified atom stereocenters. The van der Waals surface area contributed by atoms with Crippen LogP contribution in [0.1, 0.15) is 0 Å². The zero-order chi connectivity index (χ0) is 15.1. The maximum atomic E-state index is 12.0. The average molecular weight is 310 g/mol. The minimum absolute atomic E-state index is 0. The minimum atomic E-state index is -0.490. The van der Waals surface area contributed by atoms with E-state index in [2.05, 4.69) is 0 Å². The second-order valence-electron chi connectivity index (χ2n) is 4.52. The molecule has 0 atom stereocenters. The Morgan fingerprint density at radius 3 is 2.23 bits per heavy atom. The molecule has 108 valence electrons. The van der Waals surface area contributed by atoms with Gasteiger partial charge in [-0.3, -0.25) is 4.79 Å². The van der Waals surface area contributed by atoms with Gasteiger partial charge in [0.05, 0.1) is 0 Å². The van der Waals surface area contributed by atoms with Crippen LogP contribution in [0, 0.1) is 0 Å². The molecular formula is C15H11NaO6. The number of rotatable bonds is 1. The summed E-state index contributed by atoms with van der Waals surface area (Å²) in [5.74, 6) is -1.13. The molecule has 3 aromatic rings. The van der Waals surface area contributed by atoms with Crippen LogP contribution < -0.4 is 5.43 Å². The van der Waals surface area contributed by atoms with Gasteiger partial charge < -0.3 is 24.8 Å². The molecule has 3 rings (SSSR count). The molecule has 4 N–H and O–H groups in total. The zero-order valence-corrected chi connectivity index (χ0v) is 10.6. The topological polar surface area (TPSA) is 111 Å². The van der Waals surface area contributed by atoms with Gasteiger partial charge in [-0.1, -0.05) is 0 Å². The molecule has 1 aromatic heterocycles. The van der Waals surface area contributed by atoms with Gasteiger partial charge in [0.1, 0.15) is 28.2 Å². The van der Waals surface area contributed by atoms with E-state index < -0.39 is 5.43 Å². The summed E-state index contributed by atoms with van der Waals surface area (Å²) in [5.41, 5.74) is -0.106. The van der Waals surface area contributed by atoms with Crippen LogP contribution in [0.2, 0.25) is 0 Å². The molecule has 0 saturated carbocycles. The van der Waals surface area contributed by atoms with E-state index in [4.69, 9.17) is 4.42 Å². The van der Waals surface area contributed by atoms with Gasteiger partial charge in [0.2, 0.25) is 0 Å². The molecular weight excluding hydrogens is 299 g/mol. The predicted molar refractivity (Wildman–Crippen MR) is 81.7 cm³/mol. The summed E-state index contributed by atoms with van der Waals surface area (Å²) in [6.45, 7) is 0. The fraction of sp³-hybridized carbons (Fsp3) is 0. The Balaban J connectivity index is 0.00000176.